The van der Waals surface area contributed by atoms with E-state index in [4.69, 9.17) is 14.2 Å². The first-order valence-electron chi connectivity index (χ1n) is 12.4. The SMILES string of the molecule is CCOC(=O)C#Cc1ccc(OCc2cccc(-c3cnc(OCCC(C)(C)O)c(C)c3C)c2C)cc1. The molecule has 2 aromatic carbocycles. The van der Waals surface area contributed by atoms with Crippen molar-refractivity contribution in [2.24, 2.45) is 0 Å². The van der Waals surface area contributed by atoms with Crippen molar-refractivity contribution in [2.75, 3.05) is 13.2 Å². The number of benzene rings is 2. The van der Waals surface area contributed by atoms with Crippen LogP contribution in [0.5, 0.6) is 11.6 Å². The molecular formula is C31H35NO5. The Morgan fingerprint density at radius 3 is 2.38 bits per heavy atom. The number of hydrogen-bond donors (Lipinski definition) is 1. The molecule has 3 aromatic rings. The Balaban J connectivity index is 1.71. The van der Waals surface area contributed by atoms with Crippen LogP contribution in [0.1, 0.15) is 55.0 Å². The Kier molecular flexibility index (Phi) is 9.32. The molecule has 0 aliphatic heterocycles. The highest BCUT2D eigenvalue weighted by atomic mass is 16.5. The molecule has 0 radical (unpaired) electrons. The molecule has 0 atom stereocenters. The summed E-state index contributed by atoms with van der Waals surface area (Å²) in [5.74, 6) is 6.02. The zero-order valence-electron chi connectivity index (χ0n) is 22.5. The fraction of sp³-hybridized carbons (Fsp3) is 0.355. The summed E-state index contributed by atoms with van der Waals surface area (Å²) in [6, 6.07) is 13.5. The van der Waals surface area contributed by atoms with Crippen LogP contribution in [0.25, 0.3) is 11.1 Å². The number of pyridine rings is 1. The molecule has 0 bridgehead atoms. The summed E-state index contributed by atoms with van der Waals surface area (Å²) >= 11 is 0. The normalized spacial score (nSPS) is 10.9. The van der Waals surface area contributed by atoms with E-state index in [0.29, 0.717) is 43.4 Å². The minimum Gasteiger partial charge on any atom is -0.489 e. The third-order valence-corrected chi connectivity index (χ3v) is 6.12. The quantitative estimate of drug-likeness (QED) is 0.299. The minimum atomic E-state index is -0.775. The number of nitrogens with zero attached hydrogens (tertiary/aromatic N) is 1. The van der Waals surface area contributed by atoms with E-state index >= 15 is 0 Å². The molecule has 3 rings (SSSR count). The molecule has 0 spiro atoms. The van der Waals surface area contributed by atoms with E-state index in [9.17, 15) is 9.90 Å². The summed E-state index contributed by atoms with van der Waals surface area (Å²) in [5.41, 5.74) is 6.38. The molecule has 0 unspecified atom stereocenters. The summed E-state index contributed by atoms with van der Waals surface area (Å²) < 4.78 is 16.7. The lowest BCUT2D eigenvalue weighted by Gasteiger charge is -2.19. The third kappa shape index (κ3) is 7.83. The predicted octanol–water partition coefficient (Wildman–Crippen LogP) is 5.71. The number of aromatic nitrogens is 1. The molecule has 0 amide bonds. The average molecular weight is 502 g/mol. The van der Waals surface area contributed by atoms with Gasteiger partial charge in [-0.1, -0.05) is 24.1 Å². The smallest absolute Gasteiger partial charge is 0.384 e. The fourth-order valence-corrected chi connectivity index (χ4v) is 3.71. The van der Waals surface area contributed by atoms with Crippen LogP contribution in [0.4, 0.5) is 0 Å². The van der Waals surface area contributed by atoms with Crippen molar-refractivity contribution in [3.05, 3.63) is 76.5 Å². The molecule has 6 nitrogen and oxygen atoms in total. The van der Waals surface area contributed by atoms with Crippen LogP contribution in [-0.4, -0.2) is 34.9 Å². The van der Waals surface area contributed by atoms with Crippen LogP contribution in [0.3, 0.4) is 0 Å². The zero-order valence-corrected chi connectivity index (χ0v) is 22.5. The average Bonchev–Trinajstić information content (AvgIpc) is 2.85. The van der Waals surface area contributed by atoms with E-state index < -0.39 is 11.6 Å². The summed E-state index contributed by atoms with van der Waals surface area (Å²) in [6.45, 7) is 12.6. The van der Waals surface area contributed by atoms with E-state index in [0.717, 1.165) is 33.4 Å². The molecule has 1 N–H and O–H groups in total. The van der Waals surface area contributed by atoms with Crippen molar-refractivity contribution < 1.29 is 24.1 Å². The monoisotopic (exact) mass is 501 g/mol. The van der Waals surface area contributed by atoms with E-state index in [1.807, 2.05) is 43.5 Å². The summed E-state index contributed by atoms with van der Waals surface area (Å²) in [4.78, 5) is 16.0. The van der Waals surface area contributed by atoms with Crippen molar-refractivity contribution in [1.82, 2.24) is 4.98 Å². The molecule has 1 heterocycles. The molecule has 37 heavy (non-hydrogen) atoms. The molecule has 6 heteroatoms. The second-order valence-corrected chi connectivity index (χ2v) is 9.51. The Hall–Kier alpha value is -3.82. The van der Waals surface area contributed by atoms with E-state index in [-0.39, 0.29) is 0 Å². The molecule has 1 aromatic heterocycles. The maximum Gasteiger partial charge on any atom is 0.384 e. The van der Waals surface area contributed by atoms with Gasteiger partial charge in [0.1, 0.15) is 12.4 Å². The third-order valence-electron chi connectivity index (χ3n) is 6.12. The Labute approximate surface area is 219 Å². The molecule has 194 valence electrons. The minimum absolute atomic E-state index is 0.306. The molecule has 0 fully saturated rings. The number of aliphatic hydroxyl groups is 1. The van der Waals surface area contributed by atoms with Crippen molar-refractivity contribution in [2.45, 2.75) is 60.2 Å². The van der Waals surface area contributed by atoms with Gasteiger partial charge in [0.15, 0.2) is 0 Å². The molecule has 0 aliphatic rings. The van der Waals surface area contributed by atoms with Crippen molar-refractivity contribution in [3.63, 3.8) is 0 Å². The molecule has 0 saturated heterocycles. The second kappa shape index (κ2) is 12.4. The van der Waals surface area contributed by atoms with Crippen LogP contribution in [0, 0.1) is 32.6 Å². The predicted molar refractivity (Wildman–Crippen MR) is 145 cm³/mol. The Morgan fingerprint density at radius 1 is 0.973 bits per heavy atom. The number of ether oxygens (including phenoxy) is 3. The van der Waals surface area contributed by atoms with Gasteiger partial charge in [-0.3, -0.25) is 0 Å². The summed E-state index contributed by atoms with van der Waals surface area (Å²) in [6.07, 6.45) is 2.38. The first-order valence-corrected chi connectivity index (χ1v) is 12.4. The lowest BCUT2D eigenvalue weighted by molar-refractivity contribution is -0.136. The van der Waals surface area contributed by atoms with Crippen LogP contribution >= 0.6 is 0 Å². The van der Waals surface area contributed by atoms with Crippen LogP contribution < -0.4 is 9.47 Å². The van der Waals surface area contributed by atoms with Gasteiger partial charge in [-0.25, -0.2) is 9.78 Å². The van der Waals surface area contributed by atoms with Crippen molar-refractivity contribution >= 4 is 5.97 Å². The Bertz CT molecular complexity index is 1290. The standard InChI is InChI=1S/C31H35NO5/c1-7-35-29(33)16-13-24-11-14-26(15-12-24)37-20-25-9-8-10-27(23(25)4)28-19-32-30(22(3)21(28)2)36-18-17-31(5,6)34/h8-12,14-15,19,34H,7,17-18,20H2,1-6H3. The van der Waals surface area contributed by atoms with Gasteiger partial charge in [0.2, 0.25) is 5.88 Å². The topological polar surface area (TPSA) is 77.9 Å². The van der Waals surface area contributed by atoms with Crippen LogP contribution in [0.2, 0.25) is 0 Å². The largest absolute Gasteiger partial charge is 0.489 e. The van der Waals surface area contributed by atoms with Crippen LogP contribution in [-0.2, 0) is 16.1 Å². The number of hydrogen-bond acceptors (Lipinski definition) is 6. The fourth-order valence-electron chi connectivity index (χ4n) is 3.71. The summed E-state index contributed by atoms with van der Waals surface area (Å²) in [5, 5.41) is 9.92. The van der Waals surface area contributed by atoms with Gasteiger partial charge in [-0.2, -0.15) is 0 Å². The van der Waals surface area contributed by atoms with Gasteiger partial charge in [0.25, 0.3) is 0 Å². The lowest BCUT2D eigenvalue weighted by atomic mass is 9.93. The maximum atomic E-state index is 11.4. The van der Waals surface area contributed by atoms with Gasteiger partial charge in [0.05, 0.1) is 18.8 Å². The molecular weight excluding hydrogens is 466 g/mol. The van der Waals surface area contributed by atoms with Gasteiger partial charge >= 0.3 is 5.97 Å². The van der Waals surface area contributed by atoms with Crippen molar-refractivity contribution in [3.8, 4) is 34.6 Å². The molecule has 0 saturated carbocycles. The first kappa shape index (κ1) is 27.8. The highest BCUT2D eigenvalue weighted by molar-refractivity contribution is 5.89. The lowest BCUT2D eigenvalue weighted by Crippen LogP contribution is -2.22. The number of carbonyl (C=O) groups is 1. The first-order chi connectivity index (χ1) is 17.6. The van der Waals surface area contributed by atoms with E-state index in [1.54, 1.807) is 20.8 Å². The van der Waals surface area contributed by atoms with Crippen LogP contribution in [0.15, 0.2) is 48.7 Å². The van der Waals surface area contributed by atoms with Gasteiger partial charge < -0.3 is 19.3 Å². The van der Waals surface area contributed by atoms with E-state index in [2.05, 4.69) is 42.8 Å². The zero-order chi connectivity index (χ0) is 27.0. The van der Waals surface area contributed by atoms with Gasteiger partial charge in [-0.05, 0) is 88.1 Å². The second-order valence-electron chi connectivity index (χ2n) is 9.51. The van der Waals surface area contributed by atoms with Crippen molar-refractivity contribution in [1.29, 1.82) is 0 Å². The Morgan fingerprint density at radius 2 is 1.70 bits per heavy atom. The molecule has 0 aliphatic carbocycles. The highest BCUT2D eigenvalue weighted by Gasteiger charge is 2.16. The highest BCUT2D eigenvalue weighted by Crippen LogP contribution is 2.33. The number of carbonyl (C=O) groups excluding carboxylic acids is 1. The van der Waals surface area contributed by atoms with Gasteiger partial charge in [-0.15, -0.1) is 0 Å². The maximum absolute atomic E-state index is 11.4. The van der Waals surface area contributed by atoms with Gasteiger partial charge in [0, 0.05) is 35.2 Å². The number of esters is 1. The number of rotatable bonds is 9. The summed E-state index contributed by atoms with van der Waals surface area (Å²) in [7, 11) is 0. The van der Waals surface area contributed by atoms with E-state index in [1.165, 1.54) is 0 Å².